The third kappa shape index (κ3) is 4.62. The van der Waals surface area contributed by atoms with E-state index in [2.05, 4.69) is 25.8 Å². The van der Waals surface area contributed by atoms with Crippen molar-refractivity contribution in [2.24, 2.45) is 0 Å². The Bertz CT molecular complexity index is 720. The van der Waals surface area contributed by atoms with E-state index in [-0.39, 0.29) is 0 Å². The standard InChI is InChI=1S/C20H29N3O3/c1-6-9-10-13-26-20-16(8-3)21-18(15(7-2)22-20)14-11-12-17(24-4)23-19(14)25-5/h11-12H,6-10,13H2,1-5H3. The van der Waals surface area contributed by atoms with Gasteiger partial charge in [-0.2, -0.15) is 4.98 Å². The van der Waals surface area contributed by atoms with Gasteiger partial charge < -0.3 is 14.2 Å². The molecule has 0 N–H and O–H groups in total. The number of hydrogen-bond donors (Lipinski definition) is 0. The Balaban J connectivity index is 2.43. The molecule has 0 saturated heterocycles. The van der Waals surface area contributed by atoms with Crippen molar-refractivity contribution in [2.45, 2.75) is 52.9 Å². The van der Waals surface area contributed by atoms with Crippen LogP contribution in [0.1, 0.15) is 51.4 Å². The zero-order chi connectivity index (χ0) is 18.9. The zero-order valence-electron chi connectivity index (χ0n) is 16.5. The fraction of sp³-hybridized carbons (Fsp3) is 0.550. The molecule has 0 unspecified atom stereocenters. The van der Waals surface area contributed by atoms with Gasteiger partial charge in [0.15, 0.2) is 0 Å². The summed E-state index contributed by atoms with van der Waals surface area (Å²) in [5.74, 6) is 1.62. The first kappa shape index (κ1) is 19.9. The number of hydrogen-bond acceptors (Lipinski definition) is 6. The second-order valence-electron chi connectivity index (χ2n) is 5.94. The Kier molecular flexibility index (Phi) is 7.63. The number of unbranched alkanes of at least 4 members (excludes halogenated alkanes) is 2. The minimum Gasteiger partial charge on any atom is -0.481 e. The van der Waals surface area contributed by atoms with Gasteiger partial charge in [-0.15, -0.1) is 0 Å². The van der Waals surface area contributed by atoms with Gasteiger partial charge in [0, 0.05) is 6.07 Å². The molecule has 2 heterocycles. The molecule has 0 aromatic carbocycles. The number of aromatic nitrogens is 3. The van der Waals surface area contributed by atoms with Crippen LogP contribution in [0.25, 0.3) is 11.3 Å². The molecule has 6 heteroatoms. The van der Waals surface area contributed by atoms with Gasteiger partial charge in [-0.3, -0.25) is 0 Å². The summed E-state index contributed by atoms with van der Waals surface area (Å²) >= 11 is 0. The molecule has 2 rings (SSSR count). The van der Waals surface area contributed by atoms with Crippen molar-refractivity contribution in [1.82, 2.24) is 15.0 Å². The van der Waals surface area contributed by atoms with E-state index in [1.165, 1.54) is 6.42 Å². The Morgan fingerprint density at radius 3 is 2.19 bits per heavy atom. The van der Waals surface area contributed by atoms with E-state index in [9.17, 15) is 0 Å². The Morgan fingerprint density at radius 1 is 0.808 bits per heavy atom. The van der Waals surface area contributed by atoms with Gasteiger partial charge in [-0.1, -0.05) is 33.6 Å². The Labute approximate surface area is 156 Å². The summed E-state index contributed by atoms with van der Waals surface area (Å²) in [6.45, 7) is 6.97. The van der Waals surface area contributed by atoms with Gasteiger partial charge in [-0.05, 0) is 25.3 Å². The van der Waals surface area contributed by atoms with Crippen LogP contribution in [0, 0.1) is 0 Å². The summed E-state index contributed by atoms with van der Waals surface area (Å²) < 4.78 is 16.5. The Morgan fingerprint density at radius 2 is 1.58 bits per heavy atom. The molecule has 2 aromatic heterocycles. The second kappa shape index (κ2) is 9.94. The maximum absolute atomic E-state index is 5.92. The summed E-state index contributed by atoms with van der Waals surface area (Å²) in [4.78, 5) is 14.0. The van der Waals surface area contributed by atoms with Gasteiger partial charge in [0.05, 0.1) is 37.8 Å². The number of aryl methyl sites for hydroxylation is 2. The minimum atomic E-state index is 0.479. The fourth-order valence-electron chi connectivity index (χ4n) is 2.69. The minimum absolute atomic E-state index is 0.479. The largest absolute Gasteiger partial charge is 0.481 e. The number of nitrogens with zero attached hydrogens (tertiary/aromatic N) is 3. The molecule has 6 nitrogen and oxygen atoms in total. The highest BCUT2D eigenvalue weighted by Gasteiger charge is 2.18. The van der Waals surface area contributed by atoms with Gasteiger partial charge >= 0.3 is 0 Å². The monoisotopic (exact) mass is 359 g/mol. The molecule has 0 aliphatic heterocycles. The summed E-state index contributed by atoms with van der Waals surface area (Å²) in [6, 6.07) is 3.72. The lowest BCUT2D eigenvalue weighted by molar-refractivity contribution is 0.289. The van der Waals surface area contributed by atoms with E-state index >= 15 is 0 Å². The van der Waals surface area contributed by atoms with Crippen LogP contribution in [-0.2, 0) is 12.8 Å². The van der Waals surface area contributed by atoms with Crippen molar-refractivity contribution in [3.05, 3.63) is 23.5 Å². The van der Waals surface area contributed by atoms with Crippen LogP contribution in [0.4, 0.5) is 0 Å². The van der Waals surface area contributed by atoms with Crippen molar-refractivity contribution >= 4 is 0 Å². The Hall–Kier alpha value is -2.37. The highest BCUT2D eigenvalue weighted by atomic mass is 16.5. The van der Waals surface area contributed by atoms with E-state index in [1.54, 1.807) is 20.3 Å². The molecule has 0 atom stereocenters. The first-order chi connectivity index (χ1) is 12.7. The molecule has 26 heavy (non-hydrogen) atoms. The van der Waals surface area contributed by atoms with Gasteiger partial charge in [0.2, 0.25) is 17.6 Å². The predicted molar refractivity (Wildman–Crippen MR) is 102 cm³/mol. The molecule has 0 radical (unpaired) electrons. The highest BCUT2D eigenvalue weighted by Crippen LogP contribution is 2.33. The molecule has 142 valence electrons. The third-order valence-corrected chi connectivity index (χ3v) is 4.15. The molecule has 0 aliphatic carbocycles. The van der Waals surface area contributed by atoms with Crippen molar-refractivity contribution in [1.29, 1.82) is 0 Å². The molecule has 0 aliphatic rings. The number of rotatable bonds is 10. The van der Waals surface area contributed by atoms with Crippen molar-refractivity contribution < 1.29 is 14.2 Å². The van der Waals surface area contributed by atoms with Crippen LogP contribution in [0.2, 0.25) is 0 Å². The quantitative estimate of drug-likeness (QED) is 0.591. The van der Waals surface area contributed by atoms with Crippen molar-refractivity contribution in [3.63, 3.8) is 0 Å². The summed E-state index contributed by atoms with van der Waals surface area (Å²) in [7, 11) is 3.18. The van der Waals surface area contributed by atoms with Crippen LogP contribution in [0.15, 0.2) is 12.1 Å². The highest BCUT2D eigenvalue weighted by molar-refractivity contribution is 5.68. The first-order valence-electron chi connectivity index (χ1n) is 9.30. The average molecular weight is 359 g/mol. The molecular weight excluding hydrogens is 330 g/mol. The lowest BCUT2D eigenvalue weighted by Crippen LogP contribution is -2.08. The number of ether oxygens (including phenoxy) is 3. The van der Waals surface area contributed by atoms with Gasteiger partial charge in [0.25, 0.3) is 0 Å². The molecule has 0 spiro atoms. The average Bonchev–Trinajstić information content (AvgIpc) is 2.70. The molecule has 0 bridgehead atoms. The predicted octanol–water partition coefficient (Wildman–Crippen LogP) is 4.25. The number of methoxy groups -OCH3 is 2. The fourth-order valence-corrected chi connectivity index (χ4v) is 2.69. The van der Waals surface area contributed by atoms with E-state index < -0.39 is 0 Å². The zero-order valence-corrected chi connectivity index (χ0v) is 16.5. The van der Waals surface area contributed by atoms with Crippen molar-refractivity contribution in [3.8, 4) is 28.9 Å². The normalized spacial score (nSPS) is 10.7. The molecule has 2 aromatic rings. The van der Waals surface area contributed by atoms with Gasteiger partial charge in [0.1, 0.15) is 5.69 Å². The number of pyridine rings is 1. The SMILES string of the molecule is CCCCCOc1nc(CC)c(-c2ccc(OC)nc2OC)nc1CC. The summed E-state index contributed by atoms with van der Waals surface area (Å²) in [5, 5.41) is 0. The van der Waals surface area contributed by atoms with E-state index in [0.717, 1.165) is 48.3 Å². The summed E-state index contributed by atoms with van der Waals surface area (Å²) in [5.41, 5.74) is 3.33. The first-order valence-corrected chi connectivity index (χ1v) is 9.30. The molecule has 0 saturated carbocycles. The van der Waals surface area contributed by atoms with E-state index in [1.807, 2.05) is 6.07 Å². The van der Waals surface area contributed by atoms with Crippen LogP contribution in [-0.4, -0.2) is 35.8 Å². The third-order valence-electron chi connectivity index (χ3n) is 4.15. The molecule has 0 amide bonds. The smallest absolute Gasteiger partial charge is 0.235 e. The van der Waals surface area contributed by atoms with Crippen molar-refractivity contribution in [2.75, 3.05) is 20.8 Å². The molecule has 0 fully saturated rings. The van der Waals surface area contributed by atoms with Crippen LogP contribution < -0.4 is 14.2 Å². The van der Waals surface area contributed by atoms with E-state index in [0.29, 0.717) is 24.2 Å². The van der Waals surface area contributed by atoms with E-state index in [4.69, 9.17) is 24.2 Å². The van der Waals surface area contributed by atoms with Crippen LogP contribution in [0.5, 0.6) is 17.6 Å². The summed E-state index contributed by atoms with van der Waals surface area (Å²) in [6.07, 6.45) is 4.84. The molecular formula is C20H29N3O3. The van der Waals surface area contributed by atoms with Crippen LogP contribution in [0.3, 0.4) is 0 Å². The lowest BCUT2D eigenvalue weighted by atomic mass is 10.1. The lowest BCUT2D eigenvalue weighted by Gasteiger charge is -2.15. The maximum atomic E-state index is 5.92. The maximum Gasteiger partial charge on any atom is 0.235 e. The van der Waals surface area contributed by atoms with Crippen LogP contribution >= 0.6 is 0 Å². The van der Waals surface area contributed by atoms with Gasteiger partial charge in [-0.25, -0.2) is 9.97 Å². The topological polar surface area (TPSA) is 66.4 Å². The second-order valence-corrected chi connectivity index (χ2v) is 5.94.